The quantitative estimate of drug-likeness (QED) is 0.779. The summed E-state index contributed by atoms with van der Waals surface area (Å²) in [6.45, 7) is 3.25. The molecule has 1 saturated heterocycles. The molecule has 5 heteroatoms. The number of likely N-dealkylation sites (tertiary alicyclic amines) is 1. The minimum atomic E-state index is 0.565. The highest BCUT2D eigenvalue weighted by molar-refractivity contribution is 5.26. The van der Waals surface area contributed by atoms with Gasteiger partial charge in [0.2, 0.25) is 0 Å². The van der Waals surface area contributed by atoms with Crippen LogP contribution in [0.2, 0.25) is 0 Å². The lowest BCUT2D eigenvalue weighted by Crippen LogP contribution is -2.32. The highest BCUT2D eigenvalue weighted by Crippen LogP contribution is 2.30. The second-order valence-corrected chi connectivity index (χ2v) is 6.71. The zero-order valence-corrected chi connectivity index (χ0v) is 14.3. The van der Waals surface area contributed by atoms with Gasteiger partial charge >= 0.3 is 0 Å². The summed E-state index contributed by atoms with van der Waals surface area (Å²) in [4.78, 5) is 11.1. The van der Waals surface area contributed by atoms with Gasteiger partial charge < -0.3 is 0 Å². The molecule has 0 unspecified atom stereocenters. The number of piperidine rings is 1. The summed E-state index contributed by atoms with van der Waals surface area (Å²) in [6.07, 6.45) is 10.8. The van der Waals surface area contributed by atoms with Gasteiger partial charge in [-0.3, -0.25) is 20.0 Å². The normalized spacial score (nSPS) is 16.2. The van der Waals surface area contributed by atoms with Gasteiger partial charge in [-0.25, -0.2) is 0 Å². The highest BCUT2D eigenvalue weighted by Gasteiger charge is 2.24. The molecule has 25 heavy (non-hydrogen) atoms. The molecule has 4 heterocycles. The molecular weight excluding hydrogens is 310 g/mol. The molecule has 0 radical (unpaired) electrons. The van der Waals surface area contributed by atoms with E-state index in [1.54, 1.807) is 0 Å². The largest absolute Gasteiger partial charge is 0.299 e. The molecule has 0 atom stereocenters. The fourth-order valence-corrected chi connectivity index (χ4v) is 3.64. The van der Waals surface area contributed by atoms with Crippen LogP contribution in [0.3, 0.4) is 0 Å². The standard InChI is InChI=1S/C20H23N5/c1-2-8-22-19(3-1)13-18-14-23-24-20(18)17-6-11-25(12-7-17)15-16-4-9-21-10-5-16/h1-5,8-10,14,17H,6-7,11-13,15H2,(H,23,24). The lowest BCUT2D eigenvalue weighted by Gasteiger charge is -2.31. The SMILES string of the molecule is c1ccc(Cc2cn[nH]c2C2CCN(Cc3ccncc3)CC2)nc1. The van der Waals surface area contributed by atoms with Gasteiger partial charge in [-0.2, -0.15) is 5.10 Å². The van der Waals surface area contributed by atoms with Gasteiger partial charge in [-0.15, -0.1) is 0 Å². The lowest BCUT2D eigenvalue weighted by atomic mass is 9.90. The zero-order chi connectivity index (χ0) is 16.9. The maximum Gasteiger partial charge on any atom is 0.0526 e. The van der Waals surface area contributed by atoms with Crippen LogP contribution < -0.4 is 0 Å². The molecule has 1 aliphatic heterocycles. The summed E-state index contributed by atoms with van der Waals surface area (Å²) in [5, 5.41) is 7.56. The van der Waals surface area contributed by atoms with Crippen LogP contribution in [-0.2, 0) is 13.0 Å². The third-order valence-electron chi connectivity index (χ3n) is 5.00. The van der Waals surface area contributed by atoms with Crippen molar-refractivity contribution in [3.63, 3.8) is 0 Å². The van der Waals surface area contributed by atoms with Crippen LogP contribution in [0, 0.1) is 0 Å². The van der Waals surface area contributed by atoms with Crippen molar-refractivity contribution < 1.29 is 0 Å². The average molecular weight is 333 g/mol. The van der Waals surface area contributed by atoms with Crippen molar-refractivity contribution in [2.75, 3.05) is 13.1 Å². The molecular formula is C20H23N5. The molecule has 0 aromatic carbocycles. The molecule has 3 aromatic rings. The Morgan fingerprint density at radius 2 is 1.88 bits per heavy atom. The number of aromatic nitrogens is 4. The van der Waals surface area contributed by atoms with Crippen LogP contribution in [0.1, 0.15) is 41.3 Å². The van der Waals surface area contributed by atoms with E-state index in [2.05, 4.69) is 43.3 Å². The van der Waals surface area contributed by atoms with E-state index >= 15 is 0 Å². The van der Waals surface area contributed by atoms with Crippen LogP contribution in [-0.4, -0.2) is 38.2 Å². The molecule has 3 aromatic heterocycles. The van der Waals surface area contributed by atoms with Gasteiger partial charge in [0.15, 0.2) is 0 Å². The first-order chi connectivity index (χ1) is 12.4. The van der Waals surface area contributed by atoms with Gasteiger partial charge in [0.05, 0.1) is 6.20 Å². The predicted molar refractivity (Wildman–Crippen MR) is 97.1 cm³/mol. The second-order valence-electron chi connectivity index (χ2n) is 6.71. The molecule has 0 aliphatic carbocycles. The van der Waals surface area contributed by atoms with E-state index in [-0.39, 0.29) is 0 Å². The Morgan fingerprint density at radius 1 is 1.04 bits per heavy atom. The zero-order valence-electron chi connectivity index (χ0n) is 14.3. The number of pyridine rings is 2. The third kappa shape index (κ3) is 3.94. The topological polar surface area (TPSA) is 57.7 Å². The van der Waals surface area contributed by atoms with Crippen LogP contribution >= 0.6 is 0 Å². The van der Waals surface area contributed by atoms with E-state index in [0.717, 1.165) is 31.7 Å². The van der Waals surface area contributed by atoms with Gasteiger partial charge in [0.1, 0.15) is 0 Å². The molecule has 0 amide bonds. The monoisotopic (exact) mass is 333 g/mol. The predicted octanol–water partition coefficient (Wildman–Crippen LogP) is 3.17. The van der Waals surface area contributed by atoms with Crippen molar-refractivity contribution >= 4 is 0 Å². The Hall–Kier alpha value is -2.53. The Kier molecular flexibility index (Phi) is 4.84. The number of hydrogen-bond acceptors (Lipinski definition) is 4. The van der Waals surface area contributed by atoms with Crippen molar-refractivity contribution in [1.29, 1.82) is 0 Å². The third-order valence-corrected chi connectivity index (χ3v) is 5.00. The summed E-state index contributed by atoms with van der Waals surface area (Å²) >= 11 is 0. The average Bonchev–Trinajstić information content (AvgIpc) is 3.12. The van der Waals surface area contributed by atoms with Crippen molar-refractivity contribution in [2.24, 2.45) is 0 Å². The van der Waals surface area contributed by atoms with Gasteiger partial charge in [0.25, 0.3) is 0 Å². The lowest BCUT2D eigenvalue weighted by molar-refractivity contribution is 0.203. The van der Waals surface area contributed by atoms with Crippen LogP contribution in [0.4, 0.5) is 0 Å². The number of hydrogen-bond donors (Lipinski definition) is 1. The first kappa shape index (κ1) is 16.0. The molecule has 4 rings (SSSR count). The molecule has 1 aliphatic rings. The molecule has 128 valence electrons. The number of aromatic amines is 1. The number of nitrogens with one attached hydrogen (secondary N) is 1. The number of H-pyrrole nitrogens is 1. The first-order valence-corrected chi connectivity index (χ1v) is 8.92. The summed E-state index contributed by atoms with van der Waals surface area (Å²) < 4.78 is 0. The first-order valence-electron chi connectivity index (χ1n) is 8.92. The van der Waals surface area contributed by atoms with Crippen molar-refractivity contribution in [2.45, 2.75) is 31.7 Å². The molecule has 1 N–H and O–H groups in total. The maximum atomic E-state index is 4.44. The smallest absolute Gasteiger partial charge is 0.0526 e. The summed E-state index contributed by atoms with van der Waals surface area (Å²) in [6, 6.07) is 10.3. The van der Waals surface area contributed by atoms with E-state index in [9.17, 15) is 0 Å². The van der Waals surface area contributed by atoms with Crippen molar-refractivity contribution in [3.8, 4) is 0 Å². The molecule has 5 nitrogen and oxygen atoms in total. The minimum absolute atomic E-state index is 0.565. The Morgan fingerprint density at radius 3 is 2.64 bits per heavy atom. The highest BCUT2D eigenvalue weighted by atomic mass is 15.1. The van der Waals surface area contributed by atoms with E-state index in [1.807, 2.05) is 36.9 Å². The fraction of sp³-hybridized carbons (Fsp3) is 0.350. The van der Waals surface area contributed by atoms with E-state index in [0.29, 0.717) is 5.92 Å². The van der Waals surface area contributed by atoms with Gasteiger partial charge in [0, 0.05) is 48.9 Å². The van der Waals surface area contributed by atoms with E-state index < -0.39 is 0 Å². The van der Waals surface area contributed by atoms with Crippen LogP contribution in [0.25, 0.3) is 0 Å². The minimum Gasteiger partial charge on any atom is -0.299 e. The molecule has 0 bridgehead atoms. The number of rotatable bonds is 5. The van der Waals surface area contributed by atoms with Crippen LogP contribution in [0.5, 0.6) is 0 Å². The van der Waals surface area contributed by atoms with E-state index in [4.69, 9.17) is 0 Å². The van der Waals surface area contributed by atoms with Gasteiger partial charge in [-0.05, 0) is 61.3 Å². The van der Waals surface area contributed by atoms with Crippen molar-refractivity contribution in [3.05, 3.63) is 77.6 Å². The summed E-state index contributed by atoms with van der Waals surface area (Å²) in [5.74, 6) is 0.565. The van der Waals surface area contributed by atoms with E-state index in [1.165, 1.54) is 29.7 Å². The van der Waals surface area contributed by atoms with Crippen molar-refractivity contribution in [1.82, 2.24) is 25.1 Å². The summed E-state index contributed by atoms with van der Waals surface area (Å²) in [5.41, 5.74) is 5.02. The maximum absolute atomic E-state index is 4.44. The molecule has 0 spiro atoms. The number of nitrogens with zero attached hydrogens (tertiary/aromatic N) is 4. The summed E-state index contributed by atoms with van der Waals surface area (Å²) in [7, 11) is 0. The Labute approximate surface area is 148 Å². The Balaban J connectivity index is 1.37. The van der Waals surface area contributed by atoms with Gasteiger partial charge in [-0.1, -0.05) is 6.07 Å². The molecule has 0 saturated carbocycles. The fourth-order valence-electron chi connectivity index (χ4n) is 3.64. The molecule has 1 fully saturated rings. The second kappa shape index (κ2) is 7.57. The van der Waals surface area contributed by atoms with Crippen LogP contribution in [0.15, 0.2) is 55.1 Å². The Bertz CT molecular complexity index is 776.